The smallest absolute Gasteiger partial charge is 0.292 e. The largest absolute Gasteiger partial charge is 0.550 e. The summed E-state index contributed by atoms with van der Waals surface area (Å²) in [7, 11) is -3.64. The van der Waals surface area contributed by atoms with E-state index >= 15 is 0 Å². The average molecular weight is 311 g/mol. The van der Waals surface area contributed by atoms with E-state index in [0.29, 0.717) is 12.1 Å². The number of nitrogens with zero attached hydrogens (tertiary/aromatic N) is 1. The van der Waals surface area contributed by atoms with Crippen LogP contribution in [-0.2, 0) is 18.2 Å². The van der Waals surface area contributed by atoms with Crippen molar-refractivity contribution in [1.29, 1.82) is 0 Å². The average Bonchev–Trinajstić information content (AvgIpc) is 2.49. The molecule has 0 bridgehead atoms. The SMILES string of the molecule is C=CCC/C(=N\OP(=O)(OCC)OCC)c1ccccc1. The number of rotatable bonds is 10. The summed E-state index contributed by atoms with van der Waals surface area (Å²) in [6.45, 7) is 7.57. The van der Waals surface area contributed by atoms with Crippen LogP contribution in [-0.4, -0.2) is 18.9 Å². The monoisotopic (exact) mass is 311 g/mol. The van der Waals surface area contributed by atoms with Crippen molar-refractivity contribution in [2.75, 3.05) is 13.2 Å². The standard InChI is InChI=1S/C15H22NO4P/c1-4-7-13-15(14-11-9-8-10-12-14)16-20-21(17,18-5-2)19-6-3/h4,8-12H,1,5-7,13H2,2-3H3/b16-15+. The molecule has 0 aliphatic rings. The molecule has 0 radical (unpaired) electrons. The van der Waals surface area contributed by atoms with E-state index in [9.17, 15) is 4.57 Å². The van der Waals surface area contributed by atoms with E-state index in [-0.39, 0.29) is 13.2 Å². The molecule has 0 fully saturated rings. The Morgan fingerprint density at radius 1 is 1.24 bits per heavy atom. The summed E-state index contributed by atoms with van der Waals surface area (Å²) >= 11 is 0. The van der Waals surface area contributed by atoms with Crippen LogP contribution in [0.25, 0.3) is 0 Å². The van der Waals surface area contributed by atoms with Gasteiger partial charge in [-0.2, -0.15) is 0 Å². The number of hydrogen-bond acceptors (Lipinski definition) is 5. The number of hydrogen-bond donors (Lipinski definition) is 0. The van der Waals surface area contributed by atoms with Gasteiger partial charge in [0.25, 0.3) is 0 Å². The van der Waals surface area contributed by atoms with Crippen molar-refractivity contribution in [2.45, 2.75) is 26.7 Å². The fraction of sp³-hybridized carbons (Fsp3) is 0.400. The second-order valence-corrected chi connectivity index (χ2v) is 5.67. The molecule has 0 atom stereocenters. The molecule has 21 heavy (non-hydrogen) atoms. The Labute approximate surface area is 126 Å². The van der Waals surface area contributed by atoms with Crippen LogP contribution < -0.4 is 0 Å². The molecule has 6 heteroatoms. The van der Waals surface area contributed by atoms with Crippen LogP contribution in [0.3, 0.4) is 0 Å². The van der Waals surface area contributed by atoms with Crippen molar-refractivity contribution in [3.05, 3.63) is 48.6 Å². The Bertz CT molecular complexity index is 492. The normalized spacial score (nSPS) is 12.2. The summed E-state index contributed by atoms with van der Waals surface area (Å²) in [5.41, 5.74) is 1.58. The minimum Gasteiger partial charge on any atom is -0.292 e. The van der Waals surface area contributed by atoms with Gasteiger partial charge in [0.05, 0.1) is 18.9 Å². The van der Waals surface area contributed by atoms with Crippen molar-refractivity contribution in [3.8, 4) is 0 Å². The minimum absolute atomic E-state index is 0.222. The van der Waals surface area contributed by atoms with Crippen LogP contribution in [0.15, 0.2) is 48.1 Å². The van der Waals surface area contributed by atoms with Gasteiger partial charge in [-0.1, -0.05) is 41.6 Å². The van der Waals surface area contributed by atoms with Crippen LogP contribution in [0.2, 0.25) is 0 Å². The first-order valence-electron chi connectivity index (χ1n) is 6.96. The van der Waals surface area contributed by atoms with E-state index in [2.05, 4.69) is 11.7 Å². The Balaban J connectivity index is 2.91. The van der Waals surface area contributed by atoms with Crippen LogP contribution in [0.5, 0.6) is 0 Å². The maximum absolute atomic E-state index is 12.2. The fourth-order valence-electron chi connectivity index (χ4n) is 1.61. The fourth-order valence-corrected chi connectivity index (χ4v) is 2.61. The number of phosphoric ester groups is 1. The van der Waals surface area contributed by atoms with Crippen molar-refractivity contribution < 1.29 is 18.2 Å². The van der Waals surface area contributed by atoms with Gasteiger partial charge in [-0.3, -0.25) is 13.7 Å². The lowest BCUT2D eigenvalue weighted by Crippen LogP contribution is -2.03. The third-order valence-corrected chi connectivity index (χ3v) is 3.95. The van der Waals surface area contributed by atoms with Gasteiger partial charge in [-0.25, -0.2) is 4.57 Å². The minimum atomic E-state index is -3.64. The van der Waals surface area contributed by atoms with E-state index in [1.54, 1.807) is 19.9 Å². The molecular formula is C15H22NO4P. The van der Waals surface area contributed by atoms with Crippen LogP contribution in [0, 0.1) is 0 Å². The molecule has 0 heterocycles. The summed E-state index contributed by atoms with van der Waals surface area (Å²) in [5.74, 6) is 0. The maximum atomic E-state index is 12.2. The van der Waals surface area contributed by atoms with Gasteiger partial charge in [0, 0.05) is 0 Å². The molecule has 0 amide bonds. The summed E-state index contributed by atoms with van der Waals surface area (Å²) in [4.78, 5) is 0. The van der Waals surface area contributed by atoms with Crippen molar-refractivity contribution >= 4 is 13.5 Å². The molecule has 0 unspecified atom stereocenters. The molecule has 0 aliphatic heterocycles. The summed E-state index contributed by atoms with van der Waals surface area (Å²) in [6.07, 6.45) is 3.17. The Morgan fingerprint density at radius 2 is 1.86 bits per heavy atom. The lowest BCUT2D eigenvalue weighted by atomic mass is 10.1. The predicted octanol–water partition coefficient (Wildman–Crippen LogP) is 4.55. The Morgan fingerprint density at radius 3 is 2.38 bits per heavy atom. The van der Waals surface area contributed by atoms with Crippen LogP contribution >= 0.6 is 7.82 Å². The zero-order valence-electron chi connectivity index (χ0n) is 12.5. The lowest BCUT2D eigenvalue weighted by molar-refractivity contribution is 0.125. The molecule has 0 aromatic heterocycles. The molecule has 0 saturated heterocycles. The van der Waals surface area contributed by atoms with Crippen molar-refractivity contribution in [3.63, 3.8) is 0 Å². The van der Waals surface area contributed by atoms with E-state index in [1.165, 1.54) is 0 Å². The van der Waals surface area contributed by atoms with E-state index in [0.717, 1.165) is 12.0 Å². The Kier molecular flexibility index (Phi) is 7.98. The first-order valence-corrected chi connectivity index (χ1v) is 8.42. The highest BCUT2D eigenvalue weighted by Crippen LogP contribution is 2.49. The molecule has 0 aliphatic carbocycles. The molecule has 116 valence electrons. The first kappa shape index (κ1) is 17.6. The van der Waals surface area contributed by atoms with Crippen LogP contribution in [0.4, 0.5) is 0 Å². The quantitative estimate of drug-likeness (QED) is 0.275. The predicted molar refractivity (Wildman–Crippen MR) is 84.4 cm³/mol. The summed E-state index contributed by atoms with van der Waals surface area (Å²) in [5, 5.41) is 4.00. The van der Waals surface area contributed by atoms with E-state index < -0.39 is 7.82 Å². The molecule has 0 N–H and O–H groups in total. The summed E-state index contributed by atoms with van der Waals surface area (Å²) in [6, 6.07) is 9.56. The van der Waals surface area contributed by atoms with Gasteiger partial charge in [-0.05, 0) is 32.3 Å². The zero-order chi connectivity index (χ0) is 15.6. The molecule has 0 saturated carbocycles. The number of allylic oxidation sites excluding steroid dienone is 1. The van der Waals surface area contributed by atoms with Crippen LogP contribution in [0.1, 0.15) is 32.3 Å². The Hall–Kier alpha value is -1.42. The highest BCUT2D eigenvalue weighted by atomic mass is 31.2. The third-order valence-electron chi connectivity index (χ3n) is 2.52. The first-order chi connectivity index (χ1) is 10.1. The highest BCUT2D eigenvalue weighted by molar-refractivity contribution is 7.48. The number of oxime groups is 1. The molecule has 1 aromatic rings. The zero-order valence-corrected chi connectivity index (χ0v) is 13.4. The lowest BCUT2D eigenvalue weighted by Gasteiger charge is -2.14. The van der Waals surface area contributed by atoms with Gasteiger partial charge in [0.1, 0.15) is 0 Å². The van der Waals surface area contributed by atoms with E-state index in [4.69, 9.17) is 13.7 Å². The highest BCUT2D eigenvalue weighted by Gasteiger charge is 2.27. The topological polar surface area (TPSA) is 57.1 Å². The van der Waals surface area contributed by atoms with Gasteiger partial charge < -0.3 is 0 Å². The maximum Gasteiger partial charge on any atom is 0.550 e. The second kappa shape index (κ2) is 9.50. The van der Waals surface area contributed by atoms with Crippen molar-refractivity contribution in [1.82, 2.24) is 0 Å². The van der Waals surface area contributed by atoms with Crippen molar-refractivity contribution in [2.24, 2.45) is 5.16 Å². The third kappa shape index (κ3) is 6.25. The van der Waals surface area contributed by atoms with E-state index in [1.807, 2.05) is 30.3 Å². The second-order valence-electron chi connectivity index (χ2n) is 4.10. The molecular weight excluding hydrogens is 289 g/mol. The molecule has 1 rings (SSSR count). The molecule has 0 spiro atoms. The number of benzene rings is 1. The van der Waals surface area contributed by atoms with Gasteiger partial charge in [-0.15, -0.1) is 6.58 Å². The van der Waals surface area contributed by atoms with Gasteiger partial charge in [0.15, 0.2) is 0 Å². The summed E-state index contributed by atoms with van der Waals surface area (Å²) < 4.78 is 27.4. The molecule has 5 nitrogen and oxygen atoms in total. The van der Waals surface area contributed by atoms with Gasteiger partial charge in [0.2, 0.25) is 0 Å². The van der Waals surface area contributed by atoms with Gasteiger partial charge >= 0.3 is 7.82 Å². The molecule has 1 aromatic carbocycles. The number of phosphoric acid groups is 1.